The van der Waals surface area contributed by atoms with E-state index in [1.807, 2.05) is 0 Å². The van der Waals surface area contributed by atoms with Crippen LogP contribution in [0, 0.1) is 0 Å². The molecule has 2 nitrogen and oxygen atoms in total. The van der Waals surface area contributed by atoms with Crippen LogP contribution in [-0.4, -0.2) is 12.3 Å². The van der Waals surface area contributed by atoms with Crippen molar-refractivity contribution >= 4 is 19.1 Å². The van der Waals surface area contributed by atoms with Crippen LogP contribution in [0.5, 0.6) is 0 Å². The molecular formula is C3H7NOS. The molecule has 1 atom stereocenters. The van der Waals surface area contributed by atoms with Crippen molar-refractivity contribution < 1.29 is 4.79 Å². The Balaban J connectivity index is 2.96. The van der Waals surface area contributed by atoms with Crippen molar-refractivity contribution in [2.75, 3.05) is 0 Å². The largest absolute Gasteiger partial charge is 0.302 e. The lowest BCUT2D eigenvalue weighted by molar-refractivity contribution is -0.108. The summed E-state index contributed by atoms with van der Waals surface area (Å²) in [4.78, 5) is 9.62. The molecule has 0 spiro atoms. The summed E-state index contributed by atoms with van der Waals surface area (Å²) in [7, 11) is 0. The Kier molecular flexibility index (Phi) is 3.17. The number of carbonyl (C=O) groups excluding carboxylic acids is 1. The fourth-order valence-corrected chi connectivity index (χ4v) is 0.0913. The zero-order valence-electron chi connectivity index (χ0n) is 3.51. The van der Waals surface area contributed by atoms with E-state index in [4.69, 9.17) is 0 Å². The lowest BCUT2D eigenvalue weighted by atomic mass is 10.4. The molecule has 0 aliphatic carbocycles. The van der Waals surface area contributed by atoms with Gasteiger partial charge in [0.05, 0.1) is 6.04 Å². The van der Waals surface area contributed by atoms with E-state index in [-0.39, 0.29) is 6.04 Å². The Morgan fingerprint density at radius 1 is 2.00 bits per heavy atom. The number of hydrogen-bond donors (Lipinski definition) is 2. The molecule has 0 bridgehead atoms. The molecule has 0 aliphatic rings. The van der Waals surface area contributed by atoms with Gasteiger partial charge < -0.3 is 4.79 Å². The van der Waals surface area contributed by atoms with E-state index in [1.165, 1.54) is 0 Å². The summed E-state index contributed by atoms with van der Waals surface area (Å²) in [5.74, 6) is 0. The highest BCUT2D eigenvalue weighted by molar-refractivity contribution is 7.78. The van der Waals surface area contributed by atoms with Gasteiger partial charge in [0.1, 0.15) is 6.29 Å². The van der Waals surface area contributed by atoms with E-state index in [9.17, 15) is 4.79 Å². The fourth-order valence-electron chi connectivity index (χ4n) is 0.0304. The van der Waals surface area contributed by atoms with Gasteiger partial charge in [-0.25, -0.2) is 0 Å². The number of hydrogen-bond acceptors (Lipinski definition) is 3. The van der Waals surface area contributed by atoms with Crippen LogP contribution in [0.2, 0.25) is 0 Å². The minimum absolute atomic E-state index is 0.131. The number of carbonyl (C=O) groups is 1. The minimum Gasteiger partial charge on any atom is -0.302 e. The molecule has 3 heteroatoms. The Morgan fingerprint density at radius 3 is 2.50 bits per heavy atom. The van der Waals surface area contributed by atoms with Crippen molar-refractivity contribution in [3.8, 4) is 0 Å². The van der Waals surface area contributed by atoms with E-state index in [2.05, 4.69) is 17.5 Å². The predicted molar refractivity (Wildman–Crippen MR) is 27.6 cm³/mol. The molecule has 0 rings (SSSR count). The van der Waals surface area contributed by atoms with Gasteiger partial charge in [-0.2, -0.15) is 0 Å². The SMILES string of the molecule is CC(C=O)NS. The van der Waals surface area contributed by atoms with Crippen LogP contribution >= 0.6 is 12.8 Å². The van der Waals surface area contributed by atoms with Gasteiger partial charge in [-0.1, -0.05) is 12.8 Å². The molecule has 0 saturated heterocycles. The summed E-state index contributed by atoms with van der Waals surface area (Å²) in [6.07, 6.45) is 0.785. The number of aldehydes is 1. The summed E-state index contributed by atoms with van der Waals surface area (Å²) in [6.45, 7) is 1.72. The van der Waals surface area contributed by atoms with Crippen LogP contribution < -0.4 is 4.72 Å². The first kappa shape index (κ1) is 5.98. The predicted octanol–water partition coefficient (Wildman–Crippen LogP) is 0.00820. The maximum atomic E-state index is 9.62. The van der Waals surface area contributed by atoms with Crippen LogP contribution in [0.1, 0.15) is 6.92 Å². The van der Waals surface area contributed by atoms with Gasteiger partial charge >= 0.3 is 0 Å². The summed E-state index contributed by atoms with van der Waals surface area (Å²) < 4.78 is 2.44. The first-order valence-corrected chi connectivity index (χ1v) is 2.11. The lowest BCUT2D eigenvalue weighted by Gasteiger charge is -1.92. The molecule has 0 amide bonds. The van der Waals surface area contributed by atoms with Crippen molar-refractivity contribution in [3.05, 3.63) is 0 Å². The first-order chi connectivity index (χ1) is 2.81. The molecule has 0 aromatic carbocycles. The summed E-state index contributed by atoms with van der Waals surface area (Å²) in [5, 5.41) is 0. The maximum absolute atomic E-state index is 9.62. The van der Waals surface area contributed by atoms with Crippen LogP contribution in [0.15, 0.2) is 0 Å². The average Bonchev–Trinajstić information content (AvgIpc) is 1.65. The van der Waals surface area contributed by atoms with Gasteiger partial charge in [0, 0.05) is 0 Å². The second kappa shape index (κ2) is 3.18. The summed E-state index contributed by atoms with van der Waals surface area (Å²) >= 11 is 3.61. The van der Waals surface area contributed by atoms with Gasteiger partial charge in [-0.15, -0.1) is 0 Å². The van der Waals surface area contributed by atoms with Crippen LogP contribution in [0.25, 0.3) is 0 Å². The van der Waals surface area contributed by atoms with Crippen molar-refractivity contribution in [3.63, 3.8) is 0 Å². The molecule has 0 fully saturated rings. The smallest absolute Gasteiger partial charge is 0.137 e. The number of thiol groups is 1. The highest BCUT2D eigenvalue weighted by atomic mass is 32.1. The van der Waals surface area contributed by atoms with Gasteiger partial charge in [0.2, 0.25) is 0 Å². The van der Waals surface area contributed by atoms with Crippen molar-refractivity contribution in [1.29, 1.82) is 0 Å². The molecule has 0 radical (unpaired) electrons. The number of nitrogens with one attached hydrogen (secondary N) is 1. The molecule has 36 valence electrons. The average molecular weight is 105 g/mol. The standard InChI is InChI=1S/C3H7NOS/c1-3(2-5)4-6/h2-4,6H,1H3. The van der Waals surface area contributed by atoms with E-state index in [1.54, 1.807) is 6.92 Å². The molecule has 1 unspecified atom stereocenters. The molecule has 1 N–H and O–H groups in total. The molecule has 0 aromatic rings. The Bertz CT molecular complexity index is 48.1. The van der Waals surface area contributed by atoms with Crippen molar-refractivity contribution in [2.24, 2.45) is 0 Å². The third-order valence-corrected chi connectivity index (χ3v) is 0.815. The summed E-state index contributed by atoms with van der Waals surface area (Å²) in [5.41, 5.74) is 0. The maximum Gasteiger partial charge on any atom is 0.137 e. The van der Waals surface area contributed by atoms with E-state index < -0.39 is 0 Å². The fraction of sp³-hybridized carbons (Fsp3) is 0.667. The van der Waals surface area contributed by atoms with Gasteiger partial charge in [-0.05, 0) is 6.92 Å². The molecule has 0 saturated carbocycles. The Labute approximate surface area is 42.5 Å². The monoisotopic (exact) mass is 105 g/mol. The highest BCUT2D eigenvalue weighted by Crippen LogP contribution is 1.71. The quantitative estimate of drug-likeness (QED) is 0.382. The molecule has 0 heterocycles. The zero-order valence-corrected chi connectivity index (χ0v) is 4.40. The molecule has 0 aliphatic heterocycles. The normalized spacial score (nSPS) is 13.7. The topological polar surface area (TPSA) is 29.1 Å². The van der Waals surface area contributed by atoms with Crippen LogP contribution in [-0.2, 0) is 4.79 Å². The number of rotatable bonds is 2. The second-order valence-electron chi connectivity index (χ2n) is 1.05. The van der Waals surface area contributed by atoms with Crippen molar-refractivity contribution in [2.45, 2.75) is 13.0 Å². The molecule has 6 heavy (non-hydrogen) atoms. The van der Waals surface area contributed by atoms with Gasteiger partial charge in [-0.3, -0.25) is 4.72 Å². The third-order valence-electron chi connectivity index (χ3n) is 0.408. The van der Waals surface area contributed by atoms with Crippen molar-refractivity contribution in [1.82, 2.24) is 4.72 Å². The highest BCUT2D eigenvalue weighted by Gasteiger charge is 1.87. The van der Waals surface area contributed by atoms with Crippen LogP contribution in [0.4, 0.5) is 0 Å². The summed E-state index contributed by atoms with van der Waals surface area (Å²) in [6, 6.07) is -0.131. The third kappa shape index (κ3) is 2.23. The molecule has 0 aromatic heterocycles. The second-order valence-corrected chi connectivity index (χ2v) is 1.31. The van der Waals surface area contributed by atoms with Gasteiger partial charge in [0.15, 0.2) is 0 Å². The first-order valence-electron chi connectivity index (χ1n) is 1.66. The van der Waals surface area contributed by atoms with Gasteiger partial charge in [0.25, 0.3) is 0 Å². The van der Waals surface area contributed by atoms with Crippen LogP contribution in [0.3, 0.4) is 0 Å². The van der Waals surface area contributed by atoms with E-state index in [0.29, 0.717) is 0 Å². The zero-order chi connectivity index (χ0) is 4.99. The van der Waals surface area contributed by atoms with E-state index >= 15 is 0 Å². The Hall–Kier alpha value is -0.0200. The Morgan fingerprint density at radius 2 is 2.50 bits per heavy atom. The lowest BCUT2D eigenvalue weighted by Crippen LogP contribution is -2.16. The molecular weight excluding hydrogens is 98.1 g/mol. The minimum atomic E-state index is -0.131. The van der Waals surface area contributed by atoms with E-state index in [0.717, 1.165) is 6.29 Å².